The van der Waals surface area contributed by atoms with Crippen LogP contribution in [0.4, 0.5) is 0 Å². The Balaban J connectivity index is 1.91. The van der Waals surface area contributed by atoms with Crippen molar-refractivity contribution in [1.29, 1.82) is 0 Å². The topological polar surface area (TPSA) is 29.5 Å². The molecule has 1 saturated heterocycles. The molecule has 1 heterocycles. The molecule has 2 aliphatic rings. The standard InChI is InChI=1S/C11H18ClNO2/c1-8-2-5-10(15-8)11(14)13(7-6-12)9-3-4-9/h8-10H,2-7H2,1H3. The zero-order chi connectivity index (χ0) is 10.8. The molecule has 0 aromatic carbocycles. The third-order valence-electron chi connectivity index (χ3n) is 3.10. The summed E-state index contributed by atoms with van der Waals surface area (Å²) in [6, 6.07) is 0.441. The second kappa shape index (κ2) is 4.71. The minimum absolute atomic E-state index is 0.155. The van der Waals surface area contributed by atoms with Crippen LogP contribution in [-0.4, -0.2) is 41.5 Å². The number of carbonyl (C=O) groups is 1. The van der Waals surface area contributed by atoms with Gasteiger partial charge in [-0.05, 0) is 32.6 Å². The maximum Gasteiger partial charge on any atom is 0.252 e. The van der Waals surface area contributed by atoms with E-state index in [1.807, 2.05) is 11.8 Å². The van der Waals surface area contributed by atoms with E-state index >= 15 is 0 Å². The lowest BCUT2D eigenvalue weighted by Gasteiger charge is -2.24. The van der Waals surface area contributed by atoms with E-state index in [2.05, 4.69) is 0 Å². The summed E-state index contributed by atoms with van der Waals surface area (Å²) in [5, 5.41) is 0. The van der Waals surface area contributed by atoms with E-state index < -0.39 is 0 Å². The van der Waals surface area contributed by atoms with E-state index in [9.17, 15) is 4.79 Å². The molecule has 0 aromatic rings. The second-order valence-corrected chi connectivity index (χ2v) is 4.84. The molecule has 2 fully saturated rings. The molecule has 2 atom stereocenters. The van der Waals surface area contributed by atoms with Crippen LogP contribution in [0.2, 0.25) is 0 Å². The second-order valence-electron chi connectivity index (χ2n) is 4.46. The number of rotatable bonds is 4. The molecule has 1 saturated carbocycles. The average Bonchev–Trinajstić information content (AvgIpc) is 2.96. The highest BCUT2D eigenvalue weighted by Crippen LogP contribution is 2.30. The number of alkyl halides is 1. The van der Waals surface area contributed by atoms with Crippen LogP contribution in [0.1, 0.15) is 32.6 Å². The molecule has 0 bridgehead atoms. The normalized spacial score (nSPS) is 30.5. The highest BCUT2D eigenvalue weighted by molar-refractivity contribution is 6.18. The first-order valence-corrected chi connectivity index (χ1v) is 6.27. The summed E-state index contributed by atoms with van der Waals surface area (Å²) >= 11 is 5.71. The Kier molecular flexibility index (Phi) is 3.52. The molecule has 1 aliphatic heterocycles. The van der Waals surface area contributed by atoms with Crippen molar-refractivity contribution < 1.29 is 9.53 Å². The van der Waals surface area contributed by atoms with Crippen molar-refractivity contribution >= 4 is 17.5 Å². The van der Waals surface area contributed by atoms with E-state index in [0.717, 1.165) is 25.7 Å². The van der Waals surface area contributed by atoms with Gasteiger partial charge in [0, 0.05) is 18.5 Å². The molecule has 0 N–H and O–H groups in total. The van der Waals surface area contributed by atoms with Gasteiger partial charge in [-0.15, -0.1) is 11.6 Å². The number of ether oxygens (including phenoxy) is 1. The van der Waals surface area contributed by atoms with Crippen LogP contribution in [0.5, 0.6) is 0 Å². The predicted molar refractivity (Wildman–Crippen MR) is 59.0 cm³/mol. The third kappa shape index (κ3) is 2.64. The zero-order valence-electron chi connectivity index (χ0n) is 9.12. The van der Waals surface area contributed by atoms with E-state index in [4.69, 9.17) is 16.3 Å². The minimum Gasteiger partial charge on any atom is -0.365 e. The van der Waals surface area contributed by atoms with Gasteiger partial charge in [0.25, 0.3) is 5.91 Å². The Morgan fingerprint density at radius 2 is 2.13 bits per heavy atom. The summed E-state index contributed by atoms with van der Waals surface area (Å²) in [5.41, 5.74) is 0. The van der Waals surface area contributed by atoms with Gasteiger partial charge in [-0.3, -0.25) is 4.79 Å². The fourth-order valence-electron chi connectivity index (χ4n) is 2.12. The van der Waals surface area contributed by atoms with Gasteiger partial charge >= 0.3 is 0 Å². The molecular formula is C11H18ClNO2. The summed E-state index contributed by atoms with van der Waals surface area (Å²) in [7, 11) is 0. The molecule has 2 rings (SSSR count). The van der Waals surface area contributed by atoms with Crippen LogP contribution in [0, 0.1) is 0 Å². The fraction of sp³-hybridized carbons (Fsp3) is 0.909. The fourth-order valence-corrected chi connectivity index (χ4v) is 2.30. The van der Waals surface area contributed by atoms with Gasteiger partial charge in [0.15, 0.2) is 0 Å². The lowest BCUT2D eigenvalue weighted by atomic mass is 10.2. The molecule has 0 aromatic heterocycles. The quantitative estimate of drug-likeness (QED) is 0.691. The lowest BCUT2D eigenvalue weighted by molar-refractivity contribution is -0.142. The summed E-state index contributed by atoms with van der Waals surface area (Å²) < 4.78 is 5.59. The molecular weight excluding hydrogens is 214 g/mol. The Morgan fingerprint density at radius 3 is 2.60 bits per heavy atom. The van der Waals surface area contributed by atoms with E-state index in [1.165, 1.54) is 0 Å². The van der Waals surface area contributed by atoms with Crippen molar-refractivity contribution in [2.75, 3.05) is 12.4 Å². The smallest absolute Gasteiger partial charge is 0.252 e. The van der Waals surface area contributed by atoms with Crippen LogP contribution < -0.4 is 0 Å². The van der Waals surface area contributed by atoms with E-state index in [-0.39, 0.29) is 18.1 Å². The monoisotopic (exact) mass is 231 g/mol. The number of carbonyl (C=O) groups excluding carboxylic acids is 1. The van der Waals surface area contributed by atoms with Crippen LogP contribution >= 0.6 is 11.6 Å². The molecule has 4 heteroatoms. The largest absolute Gasteiger partial charge is 0.365 e. The minimum atomic E-state index is -0.205. The lowest BCUT2D eigenvalue weighted by Crippen LogP contribution is -2.41. The number of nitrogens with zero attached hydrogens (tertiary/aromatic N) is 1. The predicted octanol–water partition coefficient (Wildman–Crippen LogP) is 1.78. The SMILES string of the molecule is CC1CCC(C(=O)N(CCCl)C2CC2)O1. The van der Waals surface area contributed by atoms with Gasteiger partial charge in [-0.25, -0.2) is 0 Å². The van der Waals surface area contributed by atoms with E-state index in [1.54, 1.807) is 0 Å². The molecule has 0 spiro atoms. The summed E-state index contributed by atoms with van der Waals surface area (Å²) in [6.07, 6.45) is 4.15. The Hall–Kier alpha value is -0.280. The third-order valence-corrected chi connectivity index (χ3v) is 3.27. The number of hydrogen-bond acceptors (Lipinski definition) is 2. The molecule has 15 heavy (non-hydrogen) atoms. The molecule has 86 valence electrons. The Labute approximate surface area is 95.7 Å². The number of amides is 1. The summed E-state index contributed by atoms with van der Waals surface area (Å²) in [4.78, 5) is 14.0. The van der Waals surface area contributed by atoms with Crippen molar-refractivity contribution in [2.24, 2.45) is 0 Å². The Bertz CT molecular complexity index is 243. The van der Waals surface area contributed by atoms with Crippen molar-refractivity contribution in [1.82, 2.24) is 4.90 Å². The van der Waals surface area contributed by atoms with Gasteiger partial charge < -0.3 is 9.64 Å². The van der Waals surface area contributed by atoms with Crippen LogP contribution in [0.3, 0.4) is 0 Å². The van der Waals surface area contributed by atoms with Crippen LogP contribution in [-0.2, 0) is 9.53 Å². The molecule has 2 unspecified atom stereocenters. The highest BCUT2D eigenvalue weighted by atomic mass is 35.5. The van der Waals surface area contributed by atoms with Crippen molar-refractivity contribution in [3.8, 4) is 0 Å². The Morgan fingerprint density at radius 1 is 1.40 bits per heavy atom. The molecule has 0 radical (unpaired) electrons. The van der Waals surface area contributed by atoms with Gasteiger partial charge in [0.1, 0.15) is 6.10 Å². The number of halogens is 1. The van der Waals surface area contributed by atoms with Gasteiger partial charge in [0.05, 0.1) is 6.10 Å². The summed E-state index contributed by atoms with van der Waals surface area (Å²) in [6.45, 7) is 2.69. The van der Waals surface area contributed by atoms with Crippen molar-refractivity contribution in [2.45, 2.75) is 50.9 Å². The molecule has 1 aliphatic carbocycles. The molecule has 1 amide bonds. The number of hydrogen-bond donors (Lipinski definition) is 0. The maximum atomic E-state index is 12.1. The van der Waals surface area contributed by atoms with Crippen LogP contribution in [0.15, 0.2) is 0 Å². The molecule has 3 nitrogen and oxygen atoms in total. The summed E-state index contributed by atoms with van der Waals surface area (Å²) in [5.74, 6) is 0.673. The maximum absolute atomic E-state index is 12.1. The van der Waals surface area contributed by atoms with Crippen molar-refractivity contribution in [3.05, 3.63) is 0 Å². The van der Waals surface area contributed by atoms with E-state index in [0.29, 0.717) is 18.5 Å². The van der Waals surface area contributed by atoms with Crippen molar-refractivity contribution in [3.63, 3.8) is 0 Å². The van der Waals surface area contributed by atoms with Gasteiger partial charge in [0.2, 0.25) is 0 Å². The van der Waals surface area contributed by atoms with Gasteiger partial charge in [-0.1, -0.05) is 0 Å². The van der Waals surface area contributed by atoms with Crippen LogP contribution in [0.25, 0.3) is 0 Å². The highest BCUT2D eigenvalue weighted by Gasteiger charge is 2.38. The van der Waals surface area contributed by atoms with Gasteiger partial charge in [-0.2, -0.15) is 0 Å². The first-order valence-electron chi connectivity index (χ1n) is 5.74. The zero-order valence-corrected chi connectivity index (χ0v) is 9.87. The first kappa shape index (κ1) is 11.2. The average molecular weight is 232 g/mol. The first-order chi connectivity index (χ1) is 7.22.